The molecule has 0 unspecified atom stereocenters. The average Bonchev–Trinajstić information content (AvgIpc) is 3.01. The van der Waals surface area contributed by atoms with E-state index in [0.29, 0.717) is 0 Å². The van der Waals surface area contributed by atoms with E-state index in [0.717, 1.165) is 62.6 Å². The third-order valence-electron chi connectivity index (χ3n) is 4.57. The molecule has 25 heavy (non-hydrogen) atoms. The second-order valence-corrected chi connectivity index (χ2v) is 6.90. The van der Waals surface area contributed by atoms with Crippen LogP contribution in [0.15, 0.2) is 24.3 Å². The zero-order chi connectivity index (χ0) is 17.6. The van der Waals surface area contributed by atoms with Crippen LogP contribution in [-0.2, 0) is 26.1 Å². The van der Waals surface area contributed by atoms with Crippen molar-refractivity contribution in [2.75, 3.05) is 33.8 Å². The van der Waals surface area contributed by atoms with E-state index in [2.05, 4.69) is 52.3 Å². The lowest BCUT2D eigenvalue weighted by Gasteiger charge is -2.27. The highest BCUT2D eigenvalue weighted by Gasteiger charge is 2.21. The number of aliphatic hydroxyl groups is 1. The zero-order valence-corrected chi connectivity index (χ0v) is 15.2. The number of fused-ring (bicyclic) bond motifs is 1. The molecule has 1 aliphatic rings. The number of rotatable bonds is 8. The first-order valence-electron chi connectivity index (χ1n) is 8.90. The first-order valence-corrected chi connectivity index (χ1v) is 8.90. The lowest BCUT2D eigenvalue weighted by atomic mass is 10.0. The van der Waals surface area contributed by atoms with Gasteiger partial charge in [0, 0.05) is 43.9 Å². The van der Waals surface area contributed by atoms with Crippen molar-refractivity contribution in [2.45, 2.75) is 32.5 Å². The Kier molecular flexibility index (Phi) is 6.07. The van der Waals surface area contributed by atoms with Crippen LogP contribution in [0.4, 0.5) is 0 Å². The predicted octanol–water partition coefficient (Wildman–Crippen LogP) is 1.79. The minimum Gasteiger partial charge on any atom is -0.494 e. The van der Waals surface area contributed by atoms with Crippen LogP contribution in [-0.4, -0.2) is 58.9 Å². The predicted molar refractivity (Wildman–Crippen MR) is 97.4 cm³/mol. The Labute approximate surface area is 149 Å². The summed E-state index contributed by atoms with van der Waals surface area (Å²) in [4.78, 5) is 4.56. The highest BCUT2D eigenvalue weighted by atomic mass is 16.5. The Morgan fingerprint density at radius 1 is 1.36 bits per heavy atom. The largest absolute Gasteiger partial charge is 0.494 e. The minimum atomic E-state index is -0.00402. The van der Waals surface area contributed by atoms with Crippen LogP contribution in [0.2, 0.25) is 0 Å². The maximum absolute atomic E-state index is 9.41. The number of nitrogens with zero attached hydrogens (tertiary/aromatic N) is 3. The smallest absolute Gasteiger partial charge is 0.119 e. The van der Waals surface area contributed by atoms with Gasteiger partial charge in [0.15, 0.2) is 0 Å². The molecular formula is C19H28N4O2. The summed E-state index contributed by atoms with van der Waals surface area (Å²) in [6, 6.07) is 8.36. The van der Waals surface area contributed by atoms with Gasteiger partial charge in [0.25, 0.3) is 0 Å². The van der Waals surface area contributed by atoms with E-state index in [1.807, 2.05) is 6.07 Å². The second-order valence-electron chi connectivity index (χ2n) is 6.90. The van der Waals surface area contributed by atoms with Gasteiger partial charge < -0.3 is 14.7 Å². The van der Waals surface area contributed by atoms with Crippen LogP contribution in [0.1, 0.15) is 28.9 Å². The molecule has 1 aromatic carbocycles. The number of H-pyrrole nitrogens is 1. The van der Waals surface area contributed by atoms with Crippen LogP contribution in [0.3, 0.4) is 0 Å². The molecule has 2 aromatic rings. The first-order chi connectivity index (χ1) is 12.2. The Morgan fingerprint density at radius 2 is 2.24 bits per heavy atom. The summed E-state index contributed by atoms with van der Waals surface area (Å²) in [6.07, 6.45) is 1.97. The highest BCUT2D eigenvalue weighted by molar-refractivity contribution is 5.30. The Balaban J connectivity index is 1.55. The molecule has 3 rings (SSSR count). The maximum atomic E-state index is 9.41. The van der Waals surface area contributed by atoms with E-state index in [4.69, 9.17) is 4.74 Å². The molecular weight excluding hydrogens is 316 g/mol. The molecule has 2 heterocycles. The van der Waals surface area contributed by atoms with Crippen LogP contribution in [0.5, 0.6) is 5.75 Å². The first kappa shape index (κ1) is 17.9. The molecule has 0 radical (unpaired) electrons. The number of ether oxygens (including phenoxy) is 1. The normalized spacial score (nSPS) is 14.7. The van der Waals surface area contributed by atoms with Gasteiger partial charge in [-0.3, -0.25) is 10.00 Å². The molecule has 0 saturated carbocycles. The van der Waals surface area contributed by atoms with Gasteiger partial charge in [-0.1, -0.05) is 12.1 Å². The van der Waals surface area contributed by atoms with E-state index in [-0.39, 0.29) is 6.61 Å². The van der Waals surface area contributed by atoms with E-state index in [1.165, 1.54) is 11.3 Å². The van der Waals surface area contributed by atoms with Crippen LogP contribution >= 0.6 is 0 Å². The van der Waals surface area contributed by atoms with Crippen LogP contribution < -0.4 is 4.74 Å². The molecule has 0 atom stereocenters. The molecule has 2 N–H and O–H groups in total. The van der Waals surface area contributed by atoms with Crippen LogP contribution in [0, 0.1) is 0 Å². The van der Waals surface area contributed by atoms with Crippen molar-refractivity contribution < 1.29 is 9.84 Å². The van der Waals surface area contributed by atoms with Crippen LogP contribution in [0.25, 0.3) is 0 Å². The van der Waals surface area contributed by atoms with Crippen molar-refractivity contribution in [3.63, 3.8) is 0 Å². The van der Waals surface area contributed by atoms with E-state index in [9.17, 15) is 5.11 Å². The van der Waals surface area contributed by atoms with E-state index >= 15 is 0 Å². The average molecular weight is 344 g/mol. The summed E-state index contributed by atoms with van der Waals surface area (Å²) >= 11 is 0. The molecule has 136 valence electrons. The SMILES string of the molecule is CN(C)CCCOc1cccc(CN2CCc3[nH]nc(CO)c3C2)c1. The van der Waals surface area contributed by atoms with Gasteiger partial charge in [-0.25, -0.2) is 0 Å². The fraction of sp³-hybridized carbons (Fsp3) is 0.526. The lowest BCUT2D eigenvalue weighted by Crippen LogP contribution is -2.30. The number of aromatic nitrogens is 2. The van der Waals surface area contributed by atoms with Crippen molar-refractivity contribution >= 4 is 0 Å². The van der Waals surface area contributed by atoms with Gasteiger partial charge in [-0.2, -0.15) is 5.10 Å². The third kappa shape index (κ3) is 4.81. The Bertz CT molecular complexity index is 670. The van der Waals surface area contributed by atoms with Gasteiger partial charge in [0.2, 0.25) is 0 Å². The lowest BCUT2D eigenvalue weighted by molar-refractivity contribution is 0.236. The standard InChI is InChI=1S/C19H28N4O2/c1-22(2)8-4-10-25-16-6-3-5-15(11-16)12-23-9-7-18-17(13-23)19(14-24)21-20-18/h3,5-6,11,24H,4,7-10,12-14H2,1-2H3,(H,20,21). The highest BCUT2D eigenvalue weighted by Crippen LogP contribution is 2.23. The zero-order valence-electron chi connectivity index (χ0n) is 15.2. The molecule has 6 heteroatoms. The topological polar surface area (TPSA) is 64.6 Å². The molecule has 0 spiro atoms. The van der Waals surface area contributed by atoms with Gasteiger partial charge in [-0.15, -0.1) is 0 Å². The van der Waals surface area contributed by atoms with Gasteiger partial charge in [0.1, 0.15) is 5.75 Å². The summed E-state index contributed by atoms with van der Waals surface area (Å²) in [6.45, 7) is 4.47. The molecule has 0 bridgehead atoms. The fourth-order valence-corrected chi connectivity index (χ4v) is 3.24. The number of hydrogen-bond donors (Lipinski definition) is 2. The van der Waals surface area contributed by atoms with Crippen molar-refractivity contribution in [3.8, 4) is 5.75 Å². The van der Waals surface area contributed by atoms with Crippen molar-refractivity contribution in [1.82, 2.24) is 20.0 Å². The summed E-state index contributed by atoms with van der Waals surface area (Å²) in [5, 5.41) is 16.7. The van der Waals surface area contributed by atoms with E-state index < -0.39 is 0 Å². The number of nitrogens with one attached hydrogen (secondary N) is 1. The second kappa shape index (κ2) is 8.47. The maximum Gasteiger partial charge on any atom is 0.119 e. The third-order valence-corrected chi connectivity index (χ3v) is 4.57. The van der Waals surface area contributed by atoms with Crippen molar-refractivity contribution in [2.24, 2.45) is 0 Å². The molecule has 1 aliphatic heterocycles. The number of benzene rings is 1. The number of aliphatic hydroxyl groups excluding tert-OH is 1. The Morgan fingerprint density at radius 3 is 3.04 bits per heavy atom. The molecule has 0 amide bonds. The number of hydrogen-bond acceptors (Lipinski definition) is 5. The summed E-state index contributed by atoms with van der Waals surface area (Å²) in [7, 11) is 4.15. The quantitative estimate of drug-likeness (QED) is 0.715. The van der Waals surface area contributed by atoms with Gasteiger partial charge in [0.05, 0.1) is 18.9 Å². The van der Waals surface area contributed by atoms with E-state index in [1.54, 1.807) is 0 Å². The molecule has 0 fully saturated rings. The van der Waals surface area contributed by atoms with Gasteiger partial charge >= 0.3 is 0 Å². The summed E-state index contributed by atoms with van der Waals surface area (Å²) in [5.74, 6) is 0.938. The fourth-order valence-electron chi connectivity index (χ4n) is 3.24. The number of aromatic amines is 1. The summed E-state index contributed by atoms with van der Waals surface area (Å²) in [5.41, 5.74) is 4.35. The summed E-state index contributed by atoms with van der Waals surface area (Å²) < 4.78 is 5.87. The monoisotopic (exact) mass is 344 g/mol. The molecule has 6 nitrogen and oxygen atoms in total. The van der Waals surface area contributed by atoms with Gasteiger partial charge in [-0.05, 0) is 38.2 Å². The minimum absolute atomic E-state index is 0.00402. The van der Waals surface area contributed by atoms with Crippen molar-refractivity contribution in [3.05, 3.63) is 46.8 Å². The molecule has 0 aliphatic carbocycles. The Hall–Kier alpha value is -1.89. The molecule has 0 saturated heterocycles. The molecule has 1 aromatic heterocycles. The van der Waals surface area contributed by atoms with Crippen molar-refractivity contribution in [1.29, 1.82) is 0 Å².